The molecule has 5 nitrogen and oxygen atoms in total. The molecule has 1 aromatic carbocycles. The summed E-state index contributed by atoms with van der Waals surface area (Å²) in [6.45, 7) is 3.95. The molecule has 1 aliphatic heterocycles. The molecule has 1 aliphatic rings. The summed E-state index contributed by atoms with van der Waals surface area (Å²) >= 11 is 0. The Bertz CT molecular complexity index is 560. The number of benzene rings is 1. The second-order valence-corrected chi connectivity index (χ2v) is 5.40. The minimum atomic E-state index is -0.531. The maximum absolute atomic E-state index is 13.7. The highest BCUT2D eigenvalue weighted by Gasteiger charge is 2.36. The van der Waals surface area contributed by atoms with Crippen molar-refractivity contribution in [2.24, 2.45) is 5.92 Å². The van der Waals surface area contributed by atoms with E-state index >= 15 is 0 Å². The molecular weight excluding hydrogens is 275 g/mol. The lowest BCUT2D eigenvalue weighted by molar-refractivity contribution is -0.148. The second-order valence-electron chi connectivity index (χ2n) is 5.40. The van der Waals surface area contributed by atoms with Gasteiger partial charge in [-0.2, -0.15) is 0 Å². The Morgan fingerprint density at radius 3 is 2.71 bits per heavy atom. The molecule has 0 radical (unpaired) electrons. The molecular formula is C15H19FN2O3. The molecule has 1 aromatic rings. The molecule has 21 heavy (non-hydrogen) atoms. The van der Waals surface area contributed by atoms with Gasteiger partial charge in [-0.1, -0.05) is 19.9 Å². The molecule has 0 spiro atoms. The van der Waals surface area contributed by atoms with E-state index in [1.54, 1.807) is 6.07 Å². The number of carbonyl (C=O) groups is 2. The number of amides is 2. The van der Waals surface area contributed by atoms with Crippen LogP contribution in [0.5, 0.6) is 5.75 Å². The number of hydrogen-bond donors (Lipinski definition) is 1. The highest BCUT2D eigenvalue weighted by molar-refractivity contribution is 5.94. The third-order valence-corrected chi connectivity index (χ3v) is 3.54. The van der Waals surface area contributed by atoms with Gasteiger partial charge in [-0.15, -0.1) is 0 Å². The van der Waals surface area contributed by atoms with E-state index in [4.69, 9.17) is 4.74 Å². The van der Waals surface area contributed by atoms with Crippen molar-refractivity contribution >= 4 is 11.8 Å². The van der Waals surface area contributed by atoms with Crippen LogP contribution in [-0.4, -0.2) is 36.4 Å². The summed E-state index contributed by atoms with van der Waals surface area (Å²) in [5.41, 5.74) is 0.627. The molecule has 2 amide bonds. The lowest BCUT2D eigenvalue weighted by Crippen LogP contribution is -2.59. The van der Waals surface area contributed by atoms with Gasteiger partial charge in [0.15, 0.2) is 11.6 Å². The van der Waals surface area contributed by atoms with E-state index in [0.29, 0.717) is 5.56 Å². The first-order chi connectivity index (χ1) is 9.93. The molecule has 1 atom stereocenters. The summed E-state index contributed by atoms with van der Waals surface area (Å²) in [4.78, 5) is 25.5. The predicted molar refractivity (Wildman–Crippen MR) is 75.1 cm³/mol. The van der Waals surface area contributed by atoms with Gasteiger partial charge >= 0.3 is 0 Å². The fourth-order valence-corrected chi connectivity index (χ4v) is 2.52. The number of hydrogen-bond acceptors (Lipinski definition) is 3. The zero-order valence-corrected chi connectivity index (χ0v) is 12.4. The third kappa shape index (κ3) is 3.15. The van der Waals surface area contributed by atoms with Crippen molar-refractivity contribution in [3.63, 3.8) is 0 Å². The molecule has 1 saturated heterocycles. The van der Waals surface area contributed by atoms with Crippen molar-refractivity contribution in [2.75, 3.05) is 13.7 Å². The van der Waals surface area contributed by atoms with Crippen molar-refractivity contribution < 1.29 is 18.7 Å². The minimum Gasteiger partial charge on any atom is -0.494 e. The summed E-state index contributed by atoms with van der Waals surface area (Å²) in [5, 5.41) is 2.58. The van der Waals surface area contributed by atoms with Gasteiger partial charge in [-0.25, -0.2) is 4.39 Å². The van der Waals surface area contributed by atoms with Crippen LogP contribution in [0.2, 0.25) is 0 Å². The molecule has 0 saturated carbocycles. The van der Waals surface area contributed by atoms with Crippen LogP contribution in [0.1, 0.15) is 19.4 Å². The number of nitrogens with zero attached hydrogens (tertiary/aromatic N) is 1. The number of rotatable bonds is 4. The summed E-state index contributed by atoms with van der Waals surface area (Å²) in [7, 11) is 1.39. The SMILES string of the molecule is COc1ccc(CN2C(=O)CNC(=O)C2C(C)C)cc1F. The number of ether oxygens (including phenoxy) is 1. The van der Waals surface area contributed by atoms with E-state index in [0.717, 1.165) is 0 Å². The molecule has 0 aromatic heterocycles. The average Bonchev–Trinajstić information content (AvgIpc) is 2.43. The number of methoxy groups -OCH3 is 1. The Labute approximate surface area is 123 Å². The molecule has 1 N–H and O–H groups in total. The molecule has 2 rings (SSSR count). The minimum absolute atomic E-state index is 0.0132. The normalized spacial score (nSPS) is 18.9. The van der Waals surface area contributed by atoms with Crippen molar-refractivity contribution in [1.29, 1.82) is 0 Å². The van der Waals surface area contributed by atoms with E-state index in [1.165, 1.54) is 24.1 Å². The topological polar surface area (TPSA) is 58.6 Å². The van der Waals surface area contributed by atoms with Crippen LogP contribution in [0.4, 0.5) is 4.39 Å². The van der Waals surface area contributed by atoms with E-state index in [1.807, 2.05) is 13.8 Å². The van der Waals surface area contributed by atoms with Crippen LogP contribution in [0.15, 0.2) is 18.2 Å². The van der Waals surface area contributed by atoms with Crippen molar-refractivity contribution in [3.05, 3.63) is 29.6 Å². The van der Waals surface area contributed by atoms with Gasteiger partial charge in [0, 0.05) is 6.54 Å². The van der Waals surface area contributed by atoms with Gasteiger partial charge in [0.2, 0.25) is 11.8 Å². The largest absolute Gasteiger partial charge is 0.494 e. The Balaban J connectivity index is 2.24. The van der Waals surface area contributed by atoms with E-state index in [2.05, 4.69) is 5.32 Å². The Hall–Kier alpha value is -2.11. The summed E-state index contributed by atoms with van der Waals surface area (Å²) < 4.78 is 18.6. The van der Waals surface area contributed by atoms with Gasteiger partial charge in [-0.3, -0.25) is 9.59 Å². The lowest BCUT2D eigenvalue weighted by atomic mass is 9.98. The smallest absolute Gasteiger partial charge is 0.243 e. The van der Waals surface area contributed by atoms with Crippen molar-refractivity contribution in [2.45, 2.75) is 26.4 Å². The molecule has 1 fully saturated rings. The van der Waals surface area contributed by atoms with Gasteiger partial charge < -0.3 is 15.0 Å². The molecule has 114 valence electrons. The number of carbonyl (C=O) groups excluding carboxylic acids is 2. The number of piperazine rings is 1. The van der Waals surface area contributed by atoms with Gasteiger partial charge in [0.25, 0.3) is 0 Å². The standard InChI is InChI=1S/C15H19FN2O3/c1-9(2)14-15(20)17-7-13(19)18(14)8-10-4-5-12(21-3)11(16)6-10/h4-6,9,14H,7-8H2,1-3H3,(H,17,20). The molecule has 1 heterocycles. The van der Waals surface area contributed by atoms with Crippen LogP contribution < -0.4 is 10.1 Å². The second kappa shape index (κ2) is 6.11. The van der Waals surface area contributed by atoms with Crippen LogP contribution in [0, 0.1) is 11.7 Å². The fourth-order valence-electron chi connectivity index (χ4n) is 2.52. The predicted octanol–water partition coefficient (Wildman–Crippen LogP) is 1.32. The Morgan fingerprint density at radius 2 is 2.14 bits per heavy atom. The zero-order valence-electron chi connectivity index (χ0n) is 12.4. The molecule has 1 unspecified atom stereocenters. The summed E-state index contributed by atoms with van der Waals surface area (Å²) in [5.74, 6) is -0.674. The number of nitrogens with one attached hydrogen (secondary N) is 1. The average molecular weight is 294 g/mol. The monoisotopic (exact) mass is 294 g/mol. The van der Waals surface area contributed by atoms with Gasteiger partial charge in [0.05, 0.1) is 13.7 Å². The van der Waals surface area contributed by atoms with Crippen molar-refractivity contribution in [1.82, 2.24) is 10.2 Å². The highest BCUT2D eigenvalue weighted by atomic mass is 19.1. The van der Waals surface area contributed by atoms with Crippen molar-refractivity contribution in [3.8, 4) is 5.75 Å². The maximum atomic E-state index is 13.7. The first kappa shape index (κ1) is 15.3. The molecule has 6 heteroatoms. The number of halogens is 1. The third-order valence-electron chi connectivity index (χ3n) is 3.54. The zero-order chi connectivity index (χ0) is 15.6. The van der Waals surface area contributed by atoms with Crippen LogP contribution in [0.25, 0.3) is 0 Å². The van der Waals surface area contributed by atoms with Crippen LogP contribution >= 0.6 is 0 Å². The molecule has 0 bridgehead atoms. The summed E-state index contributed by atoms with van der Waals surface area (Å²) in [6, 6.07) is 4.01. The quantitative estimate of drug-likeness (QED) is 0.911. The van der Waals surface area contributed by atoms with E-state index < -0.39 is 11.9 Å². The summed E-state index contributed by atoms with van der Waals surface area (Å²) in [6.07, 6.45) is 0. The maximum Gasteiger partial charge on any atom is 0.243 e. The lowest BCUT2D eigenvalue weighted by Gasteiger charge is -2.37. The fraction of sp³-hybridized carbons (Fsp3) is 0.467. The first-order valence-electron chi connectivity index (χ1n) is 6.83. The highest BCUT2D eigenvalue weighted by Crippen LogP contribution is 2.22. The van der Waals surface area contributed by atoms with E-state index in [-0.39, 0.29) is 36.6 Å². The molecule has 0 aliphatic carbocycles. The van der Waals surface area contributed by atoms with Gasteiger partial charge in [0.1, 0.15) is 6.04 Å². The Kier molecular flexibility index (Phi) is 4.45. The van der Waals surface area contributed by atoms with Crippen LogP contribution in [-0.2, 0) is 16.1 Å². The van der Waals surface area contributed by atoms with E-state index in [9.17, 15) is 14.0 Å². The van der Waals surface area contributed by atoms with Gasteiger partial charge in [-0.05, 0) is 23.6 Å². The Morgan fingerprint density at radius 1 is 1.43 bits per heavy atom. The van der Waals surface area contributed by atoms with Crippen LogP contribution in [0.3, 0.4) is 0 Å². The first-order valence-corrected chi connectivity index (χ1v) is 6.83.